The van der Waals surface area contributed by atoms with Crippen molar-refractivity contribution in [1.82, 2.24) is 0 Å². The van der Waals surface area contributed by atoms with Gasteiger partial charge in [-0.15, -0.1) is 0 Å². The molecule has 1 aromatic rings. The van der Waals surface area contributed by atoms with E-state index >= 15 is 0 Å². The van der Waals surface area contributed by atoms with Gasteiger partial charge in [0.05, 0.1) is 12.2 Å². The molecule has 1 aromatic carbocycles. The Morgan fingerprint density at radius 2 is 1.32 bits per heavy atom. The maximum atomic E-state index is 9.89. The Kier molecular flexibility index (Phi) is 6.32. The maximum absolute atomic E-state index is 9.89. The van der Waals surface area contributed by atoms with Crippen LogP contribution in [0.25, 0.3) is 0 Å². The molecule has 0 saturated carbocycles. The van der Waals surface area contributed by atoms with Crippen LogP contribution in [0.3, 0.4) is 0 Å². The topological polar surface area (TPSA) is 43.7 Å². The minimum Gasteiger partial charge on any atom is -0.391 e. The van der Waals surface area contributed by atoms with Gasteiger partial charge in [-0.3, -0.25) is 0 Å². The van der Waals surface area contributed by atoms with Gasteiger partial charge in [0.1, 0.15) is 0 Å². The first kappa shape index (κ1) is 16.0. The van der Waals surface area contributed by atoms with Crippen molar-refractivity contribution in [1.29, 1.82) is 0 Å². The lowest BCUT2D eigenvalue weighted by Crippen LogP contribution is -2.38. The van der Waals surface area contributed by atoms with Crippen LogP contribution in [-0.2, 0) is 0 Å². The molecule has 0 aliphatic heterocycles. The molecule has 0 bridgehead atoms. The number of rotatable bonds is 7. The molecule has 0 radical (unpaired) electrons. The molecule has 2 atom stereocenters. The first-order valence-corrected chi connectivity index (χ1v) is 7.15. The van der Waals surface area contributed by atoms with Gasteiger partial charge in [-0.25, -0.2) is 0 Å². The van der Waals surface area contributed by atoms with Crippen LogP contribution in [0.15, 0.2) is 18.2 Å². The number of nitrogens with zero attached hydrogens (tertiary/aromatic N) is 1. The summed E-state index contributed by atoms with van der Waals surface area (Å²) in [7, 11) is 0. The highest BCUT2D eigenvalue weighted by Crippen LogP contribution is 2.20. The van der Waals surface area contributed by atoms with Crippen molar-refractivity contribution in [2.24, 2.45) is 0 Å². The van der Waals surface area contributed by atoms with Crippen molar-refractivity contribution in [2.75, 3.05) is 18.0 Å². The van der Waals surface area contributed by atoms with Crippen LogP contribution in [0.5, 0.6) is 0 Å². The van der Waals surface area contributed by atoms with Crippen molar-refractivity contribution in [3.63, 3.8) is 0 Å². The summed E-state index contributed by atoms with van der Waals surface area (Å²) in [4.78, 5) is 2.09. The molecule has 0 amide bonds. The van der Waals surface area contributed by atoms with E-state index < -0.39 is 0 Å². The van der Waals surface area contributed by atoms with Crippen molar-refractivity contribution in [3.05, 3.63) is 29.3 Å². The van der Waals surface area contributed by atoms with E-state index in [1.807, 2.05) is 13.8 Å². The summed E-state index contributed by atoms with van der Waals surface area (Å²) in [5, 5.41) is 19.8. The fourth-order valence-corrected chi connectivity index (χ4v) is 2.19. The Hall–Kier alpha value is -1.06. The third-order valence-corrected chi connectivity index (χ3v) is 3.38. The Morgan fingerprint density at radius 1 is 0.895 bits per heavy atom. The molecular weight excluding hydrogens is 238 g/mol. The Balaban J connectivity index is 2.93. The molecule has 3 heteroatoms. The molecule has 1 rings (SSSR count). The van der Waals surface area contributed by atoms with E-state index in [9.17, 15) is 10.2 Å². The quantitative estimate of drug-likeness (QED) is 0.796. The Bertz CT molecular complexity index is 360. The fourth-order valence-electron chi connectivity index (χ4n) is 2.19. The number of benzene rings is 1. The highest BCUT2D eigenvalue weighted by atomic mass is 16.3. The second-order valence-electron chi connectivity index (χ2n) is 5.38. The summed E-state index contributed by atoms with van der Waals surface area (Å²) >= 11 is 0. The zero-order valence-electron chi connectivity index (χ0n) is 12.6. The second-order valence-corrected chi connectivity index (χ2v) is 5.38. The van der Waals surface area contributed by atoms with Crippen molar-refractivity contribution >= 4 is 5.69 Å². The standard InChI is InChI=1S/C16H27NO2/c1-5-15(18)10-17(11-16(19)6-2)14-8-12(3)7-13(4)9-14/h7-9,15-16,18-19H,5-6,10-11H2,1-4H3. The minimum absolute atomic E-state index is 0.357. The SMILES string of the molecule is CCC(O)CN(CC(O)CC)c1cc(C)cc(C)c1. The molecule has 0 spiro atoms. The maximum Gasteiger partial charge on any atom is 0.0712 e. The van der Waals surface area contributed by atoms with Gasteiger partial charge in [-0.05, 0) is 49.9 Å². The van der Waals surface area contributed by atoms with E-state index in [0.29, 0.717) is 13.1 Å². The molecule has 2 unspecified atom stereocenters. The summed E-state index contributed by atoms with van der Waals surface area (Å²) in [6, 6.07) is 6.35. The van der Waals surface area contributed by atoms with E-state index in [1.54, 1.807) is 0 Å². The molecule has 0 aliphatic carbocycles. The van der Waals surface area contributed by atoms with Crippen LogP contribution >= 0.6 is 0 Å². The average molecular weight is 265 g/mol. The molecule has 0 saturated heterocycles. The van der Waals surface area contributed by atoms with Gasteiger partial charge in [-0.1, -0.05) is 19.9 Å². The molecule has 0 aliphatic rings. The molecule has 0 fully saturated rings. The van der Waals surface area contributed by atoms with E-state index in [1.165, 1.54) is 11.1 Å². The van der Waals surface area contributed by atoms with Crippen LogP contribution in [0, 0.1) is 13.8 Å². The van der Waals surface area contributed by atoms with Crippen LogP contribution in [0.1, 0.15) is 37.8 Å². The summed E-state index contributed by atoms with van der Waals surface area (Å²) < 4.78 is 0. The summed E-state index contributed by atoms with van der Waals surface area (Å²) in [6.45, 7) is 9.22. The average Bonchev–Trinajstić information content (AvgIpc) is 2.36. The first-order chi connectivity index (χ1) is 8.96. The molecule has 2 N–H and O–H groups in total. The second kappa shape index (κ2) is 7.51. The van der Waals surface area contributed by atoms with Gasteiger partial charge in [0.15, 0.2) is 0 Å². The molecular formula is C16H27NO2. The highest BCUT2D eigenvalue weighted by Gasteiger charge is 2.15. The molecule has 3 nitrogen and oxygen atoms in total. The predicted molar refractivity (Wildman–Crippen MR) is 80.7 cm³/mol. The smallest absolute Gasteiger partial charge is 0.0712 e. The normalized spacial score (nSPS) is 14.2. The van der Waals surface area contributed by atoms with Gasteiger partial charge in [0.25, 0.3) is 0 Å². The van der Waals surface area contributed by atoms with Crippen molar-refractivity contribution in [3.8, 4) is 0 Å². The lowest BCUT2D eigenvalue weighted by Gasteiger charge is -2.29. The van der Waals surface area contributed by atoms with E-state index in [0.717, 1.165) is 18.5 Å². The van der Waals surface area contributed by atoms with Gasteiger partial charge >= 0.3 is 0 Å². The Morgan fingerprint density at radius 3 is 1.68 bits per heavy atom. The van der Waals surface area contributed by atoms with Crippen molar-refractivity contribution < 1.29 is 10.2 Å². The van der Waals surface area contributed by atoms with Crippen LogP contribution in [0.2, 0.25) is 0 Å². The van der Waals surface area contributed by atoms with Crippen LogP contribution in [-0.4, -0.2) is 35.5 Å². The number of aliphatic hydroxyl groups excluding tert-OH is 2. The van der Waals surface area contributed by atoms with E-state index in [-0.39, 0.29) is 12.2 Å². The lowest BCUT2D eigenvalue weighted by molar-refractivity contribution is 0.154. The number of hydrogen-bond donors (Lipinski definition) is 2. The molecule has 19 heavy (non-hydrogen) atoms. The van der Waals surface area contributed by atoms with E-state index in [4.69, 9.17) is 0 Å². The summed E-state index contributed by atoms with van der Waals surface area (Å²) in [5.74, 6) is 0. The molecule has 0 aromatic heterocycles. The van der Waals surface area contributed by atoms with Crippen molar-refractivity contribution in [2.45, 2.75) is 52.7 Å². The third kappa shape index (κ3) is 5.21. The number of anilines is 1. The van der Waals surface area contributed by atoms with Crippen LogP contribution < -0.4 is 4.90 Å². The molecule has 108 valence electrons. The zero-order chi connectivity index (χ0) is 14.4. The largest absolute Gasteiger partial charge is 0.391 e. The summed E-state index contributed by atoms with van der Waals surface area (Å²) in [6.07, 6.45) is 0.738. The third-order valence-electron chi connectivity index (χ3n) is 3.38. The zero-order valence-corrected chi connectivity index (χ0v) is 12.6. The minimum atomic E-state index is -0.357. The van der Waals surface area contributed by atoms with Gasteiger partial charge in [0, 0.05) is 18.8 Å². The molecule has 0 heterocycles. The van der Waals surface area contributed by atoms with E-state index in [2.05, 4.69) is 36.9 Å². The lowest BCUT2D eigenvalue weighted by atomic mass is 10.1. The monoisotopic (exact) mass is 265 g/mol. The number of aryl methyl sites for hydroxylation is 2. The number of hydrogen-bond acceptors (Lipinski definition) is 3. The number of aliphatic hydroxyl groups is 2. The first-order valence-electron chi connectivity index (χ1n) is 7.15. The fraction of sp³-hybridized carbons (Fsp3) is 0.625. The van der Waals surface area contributed by atoms with Gasteiger partial charge in [-0.2, -0.15) is 0 Å². The summed E-state index contributed by atoms with van der Waals surface area (Å²) in [5.41, 5.74) is 3.49. The Labute approximate surface area is 116 Å². The van der Waals surface area contributed by atoms with Crippen LogP contribution in [0.4, 0.5) is 5.69 Å². The van der Waals surface area contributed by atoms with Gasteiger partial charge < -0.3 is 15.1 Å². The predicted octanol–water partition coefficient (Wildman–Crippen LogP) is 2.65. The highest BCUT2D eigenvalue weighted by molar-refractivity contribution is 5.51. The van der Waals surface area contributed by atoms with Gasteiger partial charge in [0.2, 0.25) is 0 Å².